The van der Waals surface area contributed by atoms with Gasteiger partial charge >= 0.3 is 0 Å². The molecule has 1 fully saturated rings. The van der Waals surface area contributed by atoms with E-state index in [2.05, 4.69) is 20.6 Å². The Labute approximate surface area is 161 Å². The first-order chi connectivity index (χ1) is 13.3. The number of pyridine rings is 1. The molecule has 1 heterocycles. The summed E-state index contributed by atoms with van der Waals surface area (Å²) in [5.41, 5.74) is 2.19. The van der Waals surface area contributed by atoms with E-state index in [-0.39, 0.29) is 0 Å². The van der Waals surface area contributed by atoms with Crippen LogP contribution in [0.4, 0.5) is 0 Å². The van der Waals surface area contributed by atoms with Gasteiger partial charge in [0.05, 0.1) is 7.11 Å². The Morgan fingerprint density at radius 3 is 2.70 bits per heavy atom. The van der Waals surface area contributed by atoms with Gasteiger partial charge in [-0.05, 0) is 43.4 Å². The molecule has 1 aliphatic carbocycles. The molecule has 0 aliphatic heterocycles. The topological polar surface area (TPSA) is 67.8 Å². The van der Waals surface area contributed by atoms with E-state index >= 15 is 0 Å². The van der Waals surface area contributed by atoms with Crippen LogP contribution in [0, 0.1) is 0 Å². The molecule has 1 aromatic carbocycles. The minimum atomic E-state index is 0.316. The van der Waals surface area contributed by atoms with Gasteiger partial charge in [-0.1, -0.05) is 18.2 Å². The molecule has 0 saturated heterocycles. The van der Waals surface area contributed by atoms with Crippen molar-refractivity contribution in [1.29, 1.82) is 0 Å². The van der Waals surface area contributed by atoms with Crippen molar-refractivity contribution >= 4 is 5.96 Å². The zero-order chi connectivity index (χ0) is 18.9. The molecule has 27 heavy (non-hydrogen) atoms. The van der Waals surface area contributed by atoms with Crippen molar-refractivity contribution in [1.82, 2.24) is 15.6 Å². The average Bonchev–Trinajstić information content (AvgIpc) is 3.21. The van der Waals surface area contributed by atoms with Gasteiger partial charge in [-0.3, -0.25) is 4.99 Å². The van der Waals surface area contributed by atoms with Gasteiger partial charge in [0.25, 0.3) is 0 Å². The van der Waals surface area contributed by atoms with Crippen molar-refractivity contribution in [3.8, 4) is 11.6 Å². The first-order valence-corrected chi connectivity index (χ1v) is 9.46. The van der Waals surface area contributed by atoms with E-state index in [0.717, 1.165) is 35.7 Å². The van der Waals surface area contributed by atoms with Gasteiger partial charge in [-0.2, -0.15) is 0 Å². The van der Waals surface area contributed by atoms with Crippen LogP contribution in [0.1, 0.15) is 36.8 Å². The smallest absolute Gasteiger partial charge is 0.213 e. The highest BCUT2D eigenvalue weighted by Crippen LogP contribution is 2.23. The van der Waals surface area contributed by atoms with E-state index in [0.29, 0.717) is 25.1 Å². The summed E-state index contributed by atoms with van der Waals surface area (Å²) in [4.78, 5) is 8.62. The highest BCUT2D eigenvalue weighted by molar-refractivity contribution is 5.79. The summed E-state index contributed by atoms with van der Waals surface area (Å²) in [7, 11) is 3.44. The van der Waals surface area contributed by atoms with Crippen LogP contribution in [0.5, 0.6) is 11.6 Å². The molecule has 6 nitrogen and oxygen atoms in total. The standard InChI is InChI=1S/C21H28N4O2/c1-22-21(25-15-17-7-3-6-10-19(17)26-2)24-14-16-11-12-23-20(13-16)27-18-8-4-5-9-18/h3,6-7,10-13,18H,4-5,8-9,14-15H2,1-2H3,(H2,22,24,25). The number of benzene rings is 1. The lowest BCUT2D eigenvalue weighted by Gasteiger charge is -2.15. The summed E-state index contributed by atoms with van der Waals surface area (Å²) >= 11 is 0. The van der Waals surface area contributed by atoms with Crippen molar-refractivity contribution in [2.24, 2.45) is 4.99 Å². The number of aliphatic imine (C=N–C) groups is 1. The third-order valence-electron chi connectivity index (χ3n) is 4.71. The van der Waals surface area contributed by atoms with Gasteiger partial charge in [0.2, 0.25) is 5.88 Å². The van der Waals surface area contributed by atoms with E-state index in [1.54, 1.807) is 20.4 Å². The summed E-state index contributed by atoms with van der Waals surface area (Å²) in [6.45, 7) is 1.28. The molecule has 1 saturated carbocycles. The highest BCUT2D eigenvalue weighted by Gasteiger charge is 2.17. The Hall–Kier alpha value is -2.76. The summed E-state index contributed by atoms with van der Waals surface area (Å²) in [5.74, 6) is 2.30. The van der Waals surface area contributed by atoms with Crippen molar-refractivity contribution in [2.75, 3.05) is 14.2 Å². The monoisotopic (exact) mass is 368 g/mol. The second-order valence-electron chi connectivity index (χ2n) is 6.62. The fraction of sp³-hybridized carbons (Fsp3) is 0.429. The second-order valence-corrected chi connectivity index (χ2v) is 6.62. The zero-order valence-corrected chi connectivity index (χ0v) is 16.1. The van der Waals surface area contributed by atoms with E-state index < -0.39 is 0 Å². The molecular weight excluding hydrogens is 340 g/mol. The van der Waals surface area contributed by atoms with Crippen LogP contribution in [0.25, 0.3) is 0 Å². The Bertz CT molecular complexity index is 757. The molecule has 144 valence electrons. The Kier molecular flexibility index (Phi) is 6.90. The van der Waals surface area contributed by atoms with Gasteiger partial charge in [-0.25, -0.2) is 4.98 Å². The van der Waals surface area contributed by atoms with Crippen LogP contribution in [0.15, 0.2) is 47.6 Å². The third kappa shape index (κ3) is 5.61. The van der Waals surface area contributed by atoms with Crippen LogP contribution in [-0.2, 0) is 13.1 Å². The minimum Gasteiger partial charge on any atom is -0.496 e. The maximum atomic E-state index is 5.98. The van der Waals surface area contributed by atoms with Gasteiger partial charge < -0.3 is 20.1 Å². The van der Waals surface area contributed by atoms with Crippen LogP contribution in [0.3, 0.4) is 0 Å². The molecule has 0 radical (unpaired) electrons. The van der Waals surface area contributed by atoms with E-state index in [4.69, 9.17) is 9.47 Å². The predicted molar refractivity (Wildman–Crippen MR) is 107 cm³/mol. The maximum Gasteiger partial charge on any atom is 0.213 e. The maximum absolute atomic E-state index is 5.98. The number of hydrogen-bond donors (Lipinski definition) is 2. The molecule has 2 aromatic rings. The number of methoxy groups -OCH3 is 1. The number of guanidine groups is 1. The van der Waals surface area contributed by atoms with Crippen LogP contribution < -0.4 is 20.1 Å². The van der Waals surface area contributed by atoms with Crippen molar-refractivity contribution < 1.29 is 9.47 Å². The number of hydrogen-bond acceptors (Lipinski definition) is 4. The average molecular weight is 368 g/mol. The highest BCUT2D eigenvalue weighted by atomic mass is 16.5. The predicted octanol–water partition coefficient (Wildman–Crippen LogP) is 3.28. The van der Waals surface area contributed by atoms with Crippen LogP contribution >= 0.6 is 0 Å². The third-order valence-corrected chi connectivity index (χ3v) is 4.71. The number of rotatable bonds is 7. The van der Waals surface area contributed by atoms with Crippen molar-refractivity contribution in [2.45, 2.75) is 44.9 Å². The van der Waals surface area contributed by atoms with Crippen LogP contribution in [-0.4, -0.2) is 31.2 Å². The molecular formula is C21H28N4O2. The lowest BCUT2D eigenvalue weighted by Crippen LogP contribution is -2.36. The lowest BCUT2D eigenvalue weighted by molar-refractivity contribution is 0.201. The van der Waals surface area contributed by atoms with Crippen molar-refractivity contribution in [3.05, 3.63) is 53.7 Å². The second kappa shape index (κ2) is 9.80. The first kappa shape index (κ1) is 19.0. The minimum absolute atomic E-state index is 0.316. The number of nitrogens with zero attached hydrogens (tertiary/aromatic N) is 2. The molecule has 3 rings (SSSR count). The number of aromatic nitrogens is 1. The molecule has 1 aromatic heterocycles. The quantitative estimate of drug-likeness (QED) is 0.580. The largest absolute Gasteiger partial charge is 0.496 e. The molecule has 1 aliphatic rings. The van der Waals surface area contributed by atoms with E-state index in [9.17, 15) is 0 Å². The summed E-state index contributed by atoms with van der Waals surface area (Å²) in [5, 5.41) is 6.65. The summed E-state index contributed by atoms with van der Waals surface area (Å²) < 4.78 is 11.4. The number of nitrogens with one attached hydrogen (secondary N) is 2. The van der Waals surface area contributed by atoms with Crippen LogP contribution in [0.2, 0.25) is 0 Å². The number of ether oxygens (including phenoxy) is 2. The van der Waals surface area contributed by atoms with E-state index in [1.807, 2.05) is 36.4 Å². The van der Waals surface area contributed by atoms with Gasteiger partial charge in [0.1, 0.15) is 11.9 Å². The summed E-state index contributed by atoms with van der Waals surface area (Å²) in [6.07, 6.45) is 6.87. The molecule has 0 bridgehead atoms. The Morgan fingerprint density at radius 2 is 1.93 bits per heavy atom. The SMILES string of the molecule is CN=C(NCc1ccnc(OC2CCCC2)c1)NCc1ccccc1OC. The Balaban J connectivity index is 1.51. The normalized spacial score (nSPS) is 14.8. The lowest BCUT2D eigenvalue weighted by atomic mass is 10.2. The summed E-state index contributed by atoms with van der Waals surface area (Å²) in [6, 6.07) is 11.9. The van der Waals surface area contributed by atoms with Gasteiger partial charge in [0, 0.05) is 38.0 Å². The fourth-order valence-electron chi connectivity index (χ4n) is 3.24. The van der Waals surface area contributed by atoms with Gasteiger partial charge in [-0.15, -0.1) is 0 Å². The van der Waals surface area contributed by atoms with Crippen molar-refractivity contribution in [3.63, 3.8) is 0 Å². The molecule has 0 unspecified atom stereocenters. The van der Waals surface area contributed by atoms with E-state index in [1.165, 1.54) is 12.8 Å². The Morgan fingerprint density at radius 1 is 1.15 bits per heavy atom. The molecule has 0 atom stereocenters. The molecule has 2 N–H and O–H groups in total. The molecule has 0 amide bonds. The van der Waals surface area contributed by atoms with Gasteiger partial charge in [0.15, 0.2) is 5.96 Å². The first-order valence-electron chi connectivity index (χ1n) is 9.46. The fourth-order valence-corrected chi connectivity index (χ4v) is 3.24. The number of para-hydroxylation sites is 1. The zero-order valence-electron chi connectivity index (χ0n) is 16.1. The molecule has 0 spiro atoms. The molecule has 6 heteroatoms.